The summed E-state index contributed by atoms with van der Waals surface area (Å²) in [6.07, 6.45) is 3.67. The second kappa shape index (κ2) is 6.75. The number of aliphatic carboxylic acids is 1. The molecule has 0 bridgehead atoms. The van der Waals surface area contributed by atoms with Crippen molar-refractivity contribution in [3.63, 3.8) is 0 Å². The number of nitrogens with two attached hydrogens (primary N) is 1. The van der Waals surface area contributed by atoms with Crippen LogP contribution in [0, 0.1) is 0 Å². The van der Waals surface area contributed by atoms with E-state index in [1.165, 1.54) is 11.1 Å². The maximum absolute atomic E-state index is 10.6. The summed E-state index contributed by atoms with van der Waals surface area (Å²) in [5.41, 5.74) is 8.80. The summed E-state index contributed by atoms with van der Waals surface area (Å²) < 4.78 is 5.72. The minimum atomic E-state index is -0.726. The first-order valence-electron chi connectivity index (χ1n) is 7.35. The molecular formula is C16H23NO3. The minimum Gasteiger partial charge on any atom is -0.494 e. The van der Waals surface area contributed by atoms with Crippen molar-refractivity contribution in [3.05, 3.63) is 29.3 Å². The Kier molecular flexibility index (Phi) is 5.01. The number of benzene rings is 1. The average Bonchev–Trinajstić information content (AvgIpc) is 2.72. The molecule has 0 radical (unpaired) electrons. The third kappa shape index (κ3) is 3.31. The number of unbranched alkanes of at least 4 members (excludes halogenated alkanes) is 1. The molecule has 0 saturated heterocycles. The molecule has 0 spiro atoms. The van der Waals surface area contributed by atoms with Gasteiger partial charge in [0.1, 0.15) is 5.75 Å². The Hall–Kier alpha value is -1.55. The molecular weight excluding hydrogens is 254 g/mol. The second-order valence-corrected chi connectivity index (χ2v) is 5.38. The van der Waals surface area contributed by atoms with E-state index in [9.17, 15) is 4.79 Å². The minimum absolute atomic E-state index is 0.122. The maximum atomic E-state index is 10.6. The number of hydrogen-bond donors (Lipinski definition) is 2. The lowest BCUT2D eigenvalue weighted by Gasteiger charge is -2.19. The lowest BCUT2D eigenvalue weighted by atomic mass is 9.92. The van der Waals surface area contributed by atoms with Crippen molar-refractivity contribution in [1.82, 2.24) is 0 Å². The maximum Gasteiger partial charge on any atom is 0.303 e. The summed E-state index contributed by atoms with van der Waals surface area (Å²) in [7, 11) is 0. The van der Waals surface area contributed by atoms with Gasteiger partial charge in [-0.2, -0.15) is 0 Å². The zero-order valence-electron chi connectivity index (χ0n) is 12.0. The van der Waals surface area contributed by atoms with Crippen LogP contribution in [0.25, 0.3) is 0 Å². The summed E-state index contributed by atoms with van der Waals surface area (Å²) >= 11 is 0. The molecule has 20 heavy (non-hydrogen) atoms. The molecule has 4 heteroatoms. The van der Waals surface area contributed by atoms with Gasteiger partial charge in [0.2, 0.25) is 0 Å². The van der Waals surface area contributed by atoms with Crippen LogP contribution < -0.4 is 10.5 Å². The van der Waals surface area contributed by atoms with Crippen LogP contribution in [-0.4, -0.2) is 23.7 Å². The van der Waals surface area contributed by atoms with E-state index in [-0.39, 0.29) is 12.5 Å². The fourth-order valence-corrected chi connectivity index (χ4v) is 3.08. The third-order valence-corrected chi connectivity index (χ3v) is 3.96. The van der Waals surface area contributed by atoms with Crippen LogP contribution in [0.3, 0.4) is 0 Å². The number of fused-ring (bicyclic) bond motifs is 1. The zero-order chi connectivity index (χ0) is 14.5. The lowest BCUT2D eigenvalue weighted by molar-refractivity contribution is -0.137. The van der Waals surface area contributed by atoms with Gasteiger partial charge in [-0.1, -0.05) is 18.6 Å². The van der Waals surface area contributed by atoms with E-state index < -0.39 is 5.97 Å². The van der Waals surface area contributed by atoms with E-state index in [1.54, 1.807) is 0 Å². The van der Waals surface area contributed by atoms with Crippen molar-refractivity contribution in [2.45, 2.75) is 51.0 Å². The molecule has 2 atom stereocenters. The summed E-state index contributed by atoms with van der Waals surface area (Å²) in [6, 6.07) is 6.26. The largest absolute Gasteiger partial charge is 0.494 e. The van der Waals surface area contributed by atoms with E-state index in [4.69, 9.17) is 15.6 Å². The smallest absolute Gasteiger partial charge is 0.303 e. The van der Waals surface area contributed by atoms with E-state index in [1.807, 2.05) is 19.1 Å². The Bertz CT molecular complexity index is 473. The van der Waals surface area contributed by atoms with Gasteiger partial charge in [-0.25, -0.2) is 0 Å². The molecule has 3 N–H and O–H groups in total. The van der Waals surface area contributed by atoms with Crippen LogP contribution in [0.1, 0.15) is 49.7 Å². The molecule has 2 rings (SSSR count). The van der Waals surface area contributed by atoms with Gasteiger partial charge in [0.05, 0.1) is 6.61 Å². The fourth-order valence-electron chi connectivity index (χ4n) is 3.08. The summed E-state index contributed by atoms with van der Waals surface area (Å²) in [5, 5.41) is 8.68. The molecule has 1 aromatic rings. The predicted molar refractivity (Wildman–Crippen MR) is 78.1 cm³/mol. The first kappa shape index (κ1) is 14.9. The van der Waals surface area contributed by atoms with Gasteiger partial charge >= 0.3 is 5.97 Å². The quantitative estimate of drug-likeness (QED) is 0.752. The number of hydrogen-bond acceptors (Lipinski definition) is 3. The number of carboxylic acids is 1. The molecule has 0 heterocycles. The Morgan fingerprint density at radius 1 is 1.45 bits per heavy atom. The van der Waals surface area contributed by atoms with Crippen molar-refractivity contribution in [3.8, 4) is 5.75 Å². The Morgan fingerprint density at radius 2 is 2.25 bits per heavy atom. The third-order valence-electron chi connectivity index (χ3n) is 3.96. The highest BCUT2D eigenvalue weighted by Crippen LogP contribution is 2.41. The van der Waals surface area contributed by atoms with Crippen molar-refractivity contribution >= 4 is 5.97 Å². The highest BCUT2D eigenvalue weighted by molar-refractivity contribution is 5.66. The Balaban J connectivity index is 2.06. The molecule has 0 aliphatic heterocycles. The van der Waals surface area contributed by atoms with Crippen LogP contribution in [0.15, 0.2) is 18.2 Å². The topological polar surface area (TPSA) is 72.5 Å². The van der Waals surface area contributed by atoms with Crippen molar-refractivity contribution in [2.24, 2.45) is 5.73 Å². The van der Waals surface area contributed by atoms with Crippen LogP contribution >= 0.6 is 0 Å². The van der Waals surface area contributed by atoms with Crippen LogP contribution in [0.2, 0.25) is 0 Å². The molecule has 0 aromatic heterocycles. The Morgan fingerprint density at radius 3 is 2.95 bits per heavy atom. The summed E-state index contributed by atoms with van der Waals surface area (Å²) in [6.45, 7) is 2.63. The SMILES string of the molecule is CCOc1cccc2c1C(CCCCC(=O)O)C(N)C2. The van der Waals surface area contributed by atoms with E-state index in [0.29, 0.717) is 18.9 Å². The van der Waals surface area contributed by atoms with Gasteiger partial charge in [0.25, 0.3) is 0 Å². The highest BCUT2D eigenvalue weighted by atomic mass is 16.5. The highest BCUT2D eigenvalue weighted by Gasteiger charge is 2.32. The predicted octanol–water partition coefficient (Wildman–Crippen LogP) is 2.70. The van der Waals surface area contributed by atoms with Gasteiger partial charge in [0.15, 0.2) is 0 Å². The first-order chi connectivity index (χ1) is 9.63. The van der Waals surface area contributed by atoms with Crippen LogP contribution in [0.4, 0.5) is 0 Å². The van der Waals surface area contributed by atoms with Crippen molar-refractivity contribution in [2.75, 3.05) is 6.61 Å². The number of carbonyl (C=O) groups is 1. The number of carboxylic acid groups (broad SMARTS) is 1. The fraction of sp³-hybridized carbons (Fsp3) is 0.562. The molecule has 110 valence electrons. The molecule has 1 aliphatic carbocycles. The van der Waals surface area contributed by atoms with E-state index >= 15 is 0 Å². The van der Waals surface area contributed by atoms with Crippen molar-refractivity contribution in [1.29, 1.82) is 0 Å². The molecule has 0 amide bonds. The molecule has 1 aliphatic rings. The van der Waals surface area contributed by atoms with E-state index in [2.05, 4.69) is 6.07 Å². The van der Waals surface area contributed by atoms with Gasteiger partial charge in [-0.3, -0.25) is 4.79 Å². The average molecular weight is 277 g/mol. The molecule has 2 unspecified atom stereocenters. The summed E-state index contributed by atoms with van der Waals surface area (Å²) in [5.74, 6) is 0.513. The second-order valence-electron chi connectivity index (χ2n) is 5.38. The molecule has 4 nitrogen and oxygen atoms in total. The van der Waals surface area contributed by atoms with Gasteiger partial charge < -0.3 is 15.6 Å². The monoisotopic (exact) mass is 277 g/mol. The first-order valence-corrected chi connectivity index (χ1v) is 7.35. The van der Waals surface area contributed by atoms with E-state index in [0.717, 1.165) is 25.0 Å². The van der Waals surface area contributed by atoms with Gasteiger partial charge in [-0.05, 0) is 37.8 Å². The normalized spacial score (nSPS) is 20.7. The lowest BCUT2D eigenvalue weighted by Crippen LogP contribution is -2.25. The summed E-state index contributed by atoms with van der Waals surface area (Å²) in [4.78, 5) is 10.6. The number of ether oxygens (including phenoxy) is 1. The van der Waals surface area contributed by atoms with Gasteiger partial charge in [0, 0.05) is 23.9 Å². The molecule has 0 fully saturated rings. The van der Waals surface area contributed by atoms with Crippen molar-refractivity contribution < 1.29 is 14.6 Å². The molecule has 0 saturated carbocycles. The standard InChI is InChI=1S/C16H23NO3/c1-2-20-14-8-5-6-11-10-13(17)12(16(11)14)7-3-4-9-15(18)19/h5-6,8,12-13H,2-4,7,9-10,17H2,1H3,(H,18,19). The Labute approximate surface area is 119 Å². The van der Waals surface area contributed by atoms with Crippen LogP contribution in [-0.2, 0) is 11.2 Å². The van der Waals surface area contributed by atoms with Gasteiger partial charge in [-0.15, -0.1) is 0 Å². The number of rotatable bonds is 7. The zero-order valence-corrected chi connectivity index (χ0v) is 12.0. The molecule has 1 aromatic carbocycles. The van der Waals surface area contributed by atoms with Crippen LogP contribution in [0.5, 0.6) is 5.75 Å².